The standard InChI is InChI=1S/C55H105NO5/c1-3-5-7-9-11-13-15-17-18-19-21-24-27-31-35-39-43-47-53(58)52(51-57)56-54(59)48-44-40-36-32-28-25-22-20-23-26-30-34-38-42-46-50-61-55(60)49-45-41-37-33-29-16-14-12-10-8-6-4-2/h12,14,43,47,52-53,57-58H,3-11,13,15-42,44-46,48-51H2,1-2H3,(H,56,59)/b14-12-,47-43+. The predicted molar refractivity (Wildman–Crippen MR) is 264 cm³/mol. The molecule has 6 nitrogen and oxygen atoms in total. The molecule has 61 heavy (non-hydrogen) atoms. The number of esters is 1. The van der Waals surface area contributed by atoms with Crippen molar-refractivity contribution in [3.05, 3.63) is 24.3 Å². The molecule has 0 aromatic carbocycles. The Morgan fingerprint density at radius 2 is 0.770 bits per heavy atom. The minimum atomic E-state index is -0.850. The lowest BCUT2D eigenvalue weighted by Crippen LogP contribution is -2.45. The fourth-order valence-corrected chi connectivity index (χ4v) is 8.27. The second-order valence-electron chi connectivity index (χ2n) is 18.6. The van der Waals surface area contributed by atoms with E-state index in [4.69, 9.17) is 4.74 Å². The van der Waals surface area contributed by atoms with Crippen LogP contribution in [0.2, 0.25) is 0 Å². The van der Waals surface area contributed by atoms with E-state index in [1.54, 1.807) is 6.08 Å². The van der Waals surface area contributed by atoms with Crippen molar-refractivity contribution in [3.63, 3.8) is 0 Å². The molecule has 0 aromatic rings. The van der Waals surface area contributed by atoms with Gasteiger partial charge >= 0.3 is 5.97 Å². The number of aliphatic hydroxyl groups excluding tert-OH is 2. The van der Waals surface area contributed by atoms with Gasteiger partial charge in [-0.05, 0) is 57.8 Å². The van der Waals surface area contributed by atoms with Gasteiger partial charge in [0.25, 0.3) is 0 Å². The van der Waals surface area contributed by atoms with E-state index in [-0.39, 0.29) is 18.5 Å². The van der Waals surface area contributed by atoms with Crippen LogP contribution in [0.25, 0.3) is 0 Å². The average molecular weight is 860 g/mol. The van der Waals surface area contributed by atoms with Gasteiger partial charge in [0, 0.05) is 12.8 Å². The molecule has 2 atom stereocenters. The van der Waals surface area contributed by atoms with Crippen LogP contribution >= 0.6 is 0 Å². The second kappa shape index (κ2) is 51.0. The summed E-state index contributed by atoms with van der Waals surface area (Å²) >= 11 is 0. The van der Waals surface area contributed by atoms with E-state index in [0.717, 1.165) is 51.4 Å². The van der Waals surface area contributed by atoms with E-state index in [9.17, 15) is 19.8 Å². The average Bonchev–Trinajstić information content (AvgIpc) is 3.26. The number of allylic oxidation sites excluding steroid dienone is 3. The molecule has 360 valence electrons. The fraction of sp³-hybridized carbons (Fsp3) is 0.891. The number of hydrogen-bond acceptors (Lipinski definition) is 5. The van der Waals surface area contributed by atoms with E-state index >= 15 is 0 Å². The Morgan fingerprint density at radius 1 is 0.443 bits per heavy atom. The van der Waals surface area contributed by atoms with E-state index in [1.165, 1.54) is 212 Å². The molecular formula is C55H105NO5. The van der Waals surface area contributed by atoms with Crippen LogP contribution in [0.4, 0.5) is 0 Å². The molecule has 0 saturated carbocycles. The first-order valence-electron chi connectivity index (χ1n) is 27.1. The maximum absolute atomic E-state index is 12.4. The molecule has 0 aliphatic rings. The smallest absolute Gasteiger partial charge is 0.305 e. The molecule has 6 heteroatoms. The molecule has 0 heterocycles. The predicted octanol–water partition coefficient (Wildman–Crippen LogP) is 16.3. The van der Waals surface area contributed by atoms with E-state index in [0.29, 0.717) is 19.4 Å². The van der Waals surface area contributed by atoms with Gasteiger partial charge in [-0.15, -0.1) is 0 Å². The first-order chi connectivity index (χ1) is 30.0. The summed E-state index contributed by atoms with van der Waals surface area (Å²) in [7, 11) is 0. The maximum Gasteiger partial charge on any atom is 0.305 e. The third kappa shape index (κ3) is 47.7. The number of carbonyl (C=O) groups is 2. The van der Waals surface area contributed by atoms with Gasteiger partial charge in [0.05, 0.1) is 25.4 Å². The van der Waals surface area contributed by atoms with Crippen molar-refractivity contribution in [2.24, 2.45) is 0 Å². The number of carbonyl (C=O) groups excluding carboxylic acids is 2. The molecule has 3 N–H and O–H groups in total. The van der Waals surface area contributed by atoms with Crippen LogP contribution in [0.5, 0.6) is 0 Å². The highest BCUT2D eigenvalue weighted by Gasteiger charge is 2.18. The lowest BCUT2D eigenvalue weighted by molar-refractivity contribution is -0.143. The highest BCUT2D eigenvalue weighted by molar-refractivity contribution is 5.76. The van der Waals surface area contributed by atoms with Crippen molar-refractivity contribution in [2.45, 2.75) is 302 Å². The molecule has 2 unspecified atom stereocenters. The zero-order valence-corrected chi connectivity index (χ0v) is 40.9. The van der Waals surface area contributed by atoms with Crippen molar-refractivity contribution < 1.29 is 24.5 Å². The molecule has 0 aliphatic heterocycles. The van der Waals surface area contributed by atoms with Crippen LogP contribution in [0.15, 0.2) is 24.3 Å². The van der Waals surface area contributed by atoms with Crippen LogP contribution in [0.1, 0.15) is 290 Å². The van der Waals surface area contributed by atoms with E-state index in [2.05, 4.69) is 31.3 Å². The first kappa shape index (κ1) is 59.3. The highest BCUT2D eigenvalue weighted by Crippen LogP contribution is 2.16. The molecular weight excluding hydrogens is 755 g/mol. The monoisotopic (exact) mass is 860 g/mol. The summed E-state index contributed by atoms with van der Waals surface area (Å²) in [5.41, 5.74) is 0. The molecule has 0 spiro atoms. The quantitative estimate of drug-likeness (QED) is 0.0322. The summed E-state index contributed by atoms with van der Waals surface area (Å²) in [6.45, 7) is 4.87. The zero-order valence-electron chi connectivity index (χ0n) is 40.9. The van der Waals surface area contributed by atoms with Crippen molar-refractivity contribution in [1.29, 1.82) is 0 Å². The third-order valence-electron chi connectivity index (χ3n) is 12.5. The van der Waals surface area contributed by atoms with Crippen molar-refractivity contribution in [3.8, 4) is 0 Å². The first-order valence-corrected chi connectivity index (χ1v) is 27.1. The van der Waals surface area contributed by atoms with Crippen LogP contribution in [0.3, 0.4) is 0 Å². The maximum atomic E-state index is 12.4. The third-order valence-corrected chi connectivity index (χ3v) is 12.5. The second-order valence-corrected chi connectivity index (χ2v) is 18.6. The Kier molecular flexibility index (Phi) is 49.6. The lowest BCUT2D eigenvalue weighted by atomic mass is 10.0. The fourth-order valence-electron chi connectivity index (χ4n) is 8.27. The van der Waals surface area contributed by atoms with Crippen molar-refractivity contribution in [1.82, 2.24) is 5.32 Å². The van der Waals surface area contributed by atoms with Gasteiger partial charge in [-0.2, -0.15) is 0 Å². The summed E-state index contributed by atoms with van der Waals surface area (Å²) in [6.07, 6.45) is 60.4. The van der Waals surface area contributed by atoms with E-state index in [1.807, 2.05) is 6.08 Å². The SMILES string of the molecule is CCCCC/C=C\CCCCCCCC(=O)OCCCCCCCCCCCCCCCCCC(=O)NC(CO)C(O)/C=C/CCCCCCCCCCCCCCCCC. The van der Waals surface area contributed by atoms with E-state index < -0.39 is 12.1 Å². The summed E-state index contributed by atoms with van der Waals surface area (Å²) in [6, 6.07) is -0.634. The minimum Gasteiger partial charge on any atom is -0.466 e. The van der Waals surface area contributed by atoms with Gasteiger partial charge in [-0.1, -0.05) is 244 Å². The topological polar surface area (TPSA) is 95.9 Å². The summed E-state index contributed by atoms with van der Waals surface area (Å²) in [5, 5.41) is 23.1. The van der Waals surface area contributed by atoms with Crippen molar-refractivity contribution >= 4 is 11.9 Å². The molecule has 0 rings (SSSR count). The number of hydrogen-bond donors (Lipinski definition) is 3. The van der Waals surface area contributed by atoms with Crippen LogP contribution in [0, 0.1) is 0 Å². The van der Waals surface area contributed by atoms with Gasteiger partial charge < -0.3 is 20.3 Å². The number of nitrogens with one attached hydrogen (secondary N) is 1. The van der Waals surface area contributed by atoms with Crippen LogP contribution in [-0.4, -0.2) is 47.4 Å². The Labute approximate surface area is 380 Å². The number of amides is 1. The molecule has 1 amide bonds. The van der Waals surface area contributed by atoms with Gasteiger partial charge in [0.2, 0.25) is 5.91 Å². The highest BCUT2D eigenvalue weighted by atomic mass is 16.5. The van der Waals surface area contributed by atoms with Crippen LogP contribution in [-0.2, 0) is 14.3 Å². The van der Waals surface area contributed by atoms with Gasteiger partial charge in [-0.25, -0.2) is 0 Å². The van der Waals surface area contributed by atoms with Gasteiger partial charge in [0.15, 0.2) is 0 Å². The summed E-state index contributed by atoms with van der Waals surface area (Å²) in [4.78, 5) is 24.4. The Bertz CT molecular complexity index is 951. The number of ether oxygens (including phenoxy) is 1. The molecule has 0 aliphatic carbocycles. The molecule has 0 saturated heterocycles. The number of rotatable bonds is 50. The molecule has 0 radical (unpaired) electrons. The Morgan fingerprint density at radius 3 is 1.20 bits per heavy atom. The summed E-state index contributed by atoms with van der Waals surface area (Å²) in [5.74, 6) is -0.0860. The Hall–Kier alpha value is -1.66. The largest absolute Gasteiger partial charge is 0.466 e. The number of aliphatic hydroxyl groups is 2. The van der Waals surface area contributed by atoms with Gasteiger partial charge in [-0.3, -0.25) is 9.59 Å². The normalized spacial score (nSPS) is 12.8. The van der Waals surface area contributed by atoms with Crippen molar-refractivity contribution in [2.75, 3.05) is 13.2 Å². The lowest BCUT2D eigenvalue weighted by Gasteiger charge is -2.20. The minimum absolute atomic E-state index is 0.0106. The molecule has 0 aromatic heterocycles. The number of unbranched alkanes of at least 4 members (excludes halogenated alkanes) is 37. The summed E-state index contributed by atoms with van der Waals surface area (Å²) < 4.78 is 5.45. The zero-order chi connectivity index (χ0) is 44.4. The molecule has 0 bridgehead atoms. The molecule has 0 fully saturated rings. The Balaban J connectivity index is 3.48. The van der Waals surface area contributed by atoms with Crippen LogP contribution < -0.4 is 5.32 Å². The van der Waals surface area contributed by atoms with Gasteiger partial charge in [0.1, 0.15) is 0 Å².